The summed E-state index contributed by atoms with van der Waals surface area (Å²) in [6.45, 7) is 7.74. The minimum absolute atomic E-state index is 0.863. The van der Waals surface area contributed by atoms with Crippen LogP contribution in [0.4, 0.5) is 0 Å². The van der Waals surface area contributed by atoms with Crippen molar-refractivity contribution in [1.82, 2.24) is 15.3 Å². The van der Waals surface area contributed by atoms with Crippen LogP contribution in [-0.2, 0) is 13.1 Å². The Labute approximate surface area is 73.2 Å². The molecule has 0 unspecified atom stereocenters. The van der Waals surface area contributed by atoms with E-state index < -0.39 is 0 Å². The molecule has 0 aromatic carbocycles. The number of nitrogens with zero attached hydrogens (tertiary/aromatic N) is 2. The van der Waals surface area contributed by atoms with Gasteiger partial charge in [0.15, 0.2) is 0 Å². The van der Waals surface area contributed by atoms with Crippen LogP contribution in [0.15, 0.2) is 6.20 Å². The number of aryl methyl sites for hydroxylation is 1. The van der Waals surface area contributed by atoms with Gasteiger partial charge in [-0.25, -0.2) is 9.97 Å². The van der Waals surface area contributed by atoms with E-state index in [1.807, 2.05) is 27.0 Å². The lowest BCUT2D eigenvalue weighted by Crippen LogP contribution is -2.00. The molecule has 0 spiro atoms. The van der Waals surface area contributed by atoms with Crippen LogP contribution in [0.1, 0.15) is 30.9 Å². The van der Waals surface area contributed by atoms with Gasteiger partial charge < -0.3 is 5.32 Å². The number of rotatable bonds is 0. The van der Waals surface area contributed by atoms with E-state index in [-0.39, 0.29) is 0 Å². The molecular weight excluding hydrogens is 150 g/mol. The lowest BCUT2D eigenvalue weighted by atomic mass is 10.3. The predicted molar refractivity (Wildman–Crippen MR) is 48.7 cm³/mol. The summed E-state index contributed by atoms with van der Waals surface area (Å²) in [4.78, 5) is 8.38. The molecule has 2 rings (SSSR count). The first-order chi connectivity index (χ1) is 5.86. The molecule has 0 saturated carbocycles. The zero-order valence-corrected chi connectivity index (χ0v) is 7.89. The van der Waals surface area contributed by atoms with E-state index in [1.54, 1.807) is 0 Å². The van der Waals surface area contributed by atoms with Crippen LogP contribution < -0.4 is 5.32 Å². The molecule has 0 fully saturated rings. The number of nitrogens with one attached hydrogen (secondary N) is 1. The Balaban J connectivity index is 0.000000336. The summed E-state index contributed by atoms with van der Waals surface area (Å²) in [5.41, 5.74) is 2.40. The molecule has 12 heavy (non-hydrogen) atoms. The summed E-state index contributed by atoms with van der Waals surface area (Å²) in [6.07, 6.45) is 1.90. The van der Waals surface area contributed by atoms with Crippen LogP contribution in [-0.4, -0.2) is 9.97 Å². The Bertz CT molecular complexity index is 258. The minimum atomic E-state index is 0.863. The summed E-state index contributed by atoms with van der Waals surface area (Å²) in [7, 11) is 0. The smallest absolute Gasteiger partial charge is 0.125 e. The van der Waals surface area contributed by atoms with Gasteiger partial charge in [-0.15, -0.1) is 0 Å². The van der Waals surface area contributed by atoms with E-state index >= 15 is 0 Å². The SMILES string of the molecule is CC.Cc1ncc2c(n1)CNC2. The highest BCUT2D eigenvalue weighted by atomic mass is 15.0. The Hall–Kier alpha value is -0.960. The average Bonchev–Trinajstić information content (AvgIpc) is 2.54. The van der Waals surface area contributed by atoms with Gasteiger partial charge in [0.05, 0.1) is 5.69 Å². The quantitative estimate of drug-likeness (QED) is 0.631. The van der Waals surface area contributed by atoms with Crippen LogP contribution in [0.25, 0.3) is 0 Å². The molecule has 1 aromatic heterocycles. The number of hydrogen-bond donors (Lipinski definition) is 1. The monoisotopic (exact) mass is 165 g/mol. The second kappa shape index (κ2) is 4.16. The van der Waals surface area contributed by atoms with Crippen molar-refractivity contribution >= 4 is 0 Å². The lowest BCUT2D eigenvalue weighted by Gasteiger charge is -1.95. The highest BCUT2D eigenvalue weighted by Gasteiger charge is 2.10. The van der Waals surface area contributed by atoms with E-state index in [2.05, 4.69) is 15.3 Å². The first-order valence-corrected chi connectivity index (χ1v) is 4.38. The van der Waals surface area contributed by atoms with E-state index in [4.69, 9.17) is 0 Å². The topological polar surface area (TPSA) is 37.8 Å². The molecule has 66 valence electrons. The van der Waals surface area contributed by atoms with Crippen molar-refractivity contribution in [3.05, 3.63) is 23.3 Å². The normalized spacial score (nSPS) is 13.2. The van der Waals surface area contributed by atoms with Crippen molar-refractivity contribution in [2.75, 3.05) is 0 Å². The molecule has 0 bridgehead atoms. The molecule has 0 amide bonds. The van der Waals surface area contributed by atoms with Crippen molar-refractivity contribution in [2.24, 2.45) is 0 Å². The third kappa shape index (κ3) is 1.80. The van der Waals surface area contributed by atoms with Crippen molar-refractivity contribution in [1.29, 1.82) is 0 Å². The molecule has 3 heteroatoms. The average molecular weight is 165 g/mol. The standard InChI is InChI=1S/C7H9N3.C2H6/c1-5-9-3-6-2-8-4-7(6)10-5;1-2/h3,8H,2,4H2,1H3;1-2H3. The van der Waals surface area contributed by atoms with Gasteiger partial charge in [0, 0.05) is 24.8 Å². The second-order valence-electron chi connectivity index (χ2n) is 2.49. The van der Waals surface area contributed by atoms with Crippen LogP contribution in [0.5, 0.6) is 0 Å². The van der Waals surface area contributed by atoms with E-state index in [0.29, 0.717) is 0 Å². The van der Waals surface area contributed by atoms with Crippen molar-refractivity contribution < 1.29 is 0 Å². The number of fused-ring (bicyclic) bond motifs is 1. The van der Waals surface area contributed by atoms with Gasteiger partial charge in [0.2, 0.25) is 0 Å². The van der Waals surface area contributed by atoms with E-state index in [1.165, 1.54) is 5.56 Å². The molecule has 0 saturated heterocycles. The van der Waals surface area contributed by atoms with Crippen LogP contribution >= 0.6 is 0 Å². The molecule has 0 atom stereocenters. The summed E-state index contributed by atoms with van der Waals surface area (Å²) < 4.78 is 0. The summed E-state index contributed by atoms with van der Waals surface area (Å²) in [5, 5.41) is 3.21. The minimum Gasteiger partial charge on any atom is -0.307 e. The fourth-order valence-corrected chi connectivity index (χ4v) is 1.16. The van der Waals surface area contributed by atoms with Gasteiger partial charge >= 0.3 is 0 Å². The largest absolute Gasteiger partial charge is 0.307 e. The molecule has 0 aliphatic carbocycles. The molecular formula is C9H15N3. The van der Waals surface area contributed by atoms with Gasteiger partial charge in [0.25, 0.3) is 0 Å². The van der Waals surface area contributed by atoms with Crippen LogP contribution in [0.2, 0.25) is 0 Å². The van der Waals surface area contributed by atoms with Gasteiger partial charge in [-0.1, -0.05) is 13.8 Å². The van der Waals surface area contributed by atoms with Crippen molar-refractivity contribution in [3.63, 3.8) is 0 Å². The van der Waals surface area contributed by atoms with Gasteiger partial charge in [0.1, 0.15) is 5.82 Å². The van der Waals surface area contributed by atoms with E-state index in [9.17, 15) is 0 Å². The fraction of sp³-hybridized carbons (Fsp3) is 0.556. The summed E-state index contributed by atoms with van der Waals surface area (Å²) in [6, 6.07) is 0. The van der Waals surface area contributed by atoms with Crippen LogP contribution in [0, 0.1) is 6.92 Å². The molecule has 0 radical (unpaired) electrons. The van der Waals surface area contributed by atoms with Gasteiger partial charge in [-0.05, 0) is 6.92 Å². The van der Waals surface area contributed by atoms with Crippen molar-refractivity contribution in [2.45, 2.75) is 33.9 Å². The molecule has 2 heterocycles. The third-order valence-corrected chi connectivity index (χ3v) is 1.68. The Morgan fingerprint density at radius 2 is 2.08 bits per heavy atom. The Morgan fingerprint density at radius 1 is 1.33 bits per heavy atom. The zero-order chi connectivity index (χ0) is 8.97. The zero-order valence-electron chi connectivity index (χ0n) is 7.89. The lowest BCUT2D eigenvalue weighted by molar-refractivity contribution is 0.757. The highest BCUT2D eigenvalue weighted by Crippen LogP contribution is 2.10. The Kier molecular flexibility index (Phi) is 3.17. The predicted octanol–water partition coefficient (Wildman–Crippen LogP) is 1.41. The van der Waals surface area contributed by atoms with Gasteiger partial charge in [-0.3, -0.25) is 0 Å². The first kappa shape index (κ1) is 9.13. The Morgan fingerprint density at radius 3 is 2.83 bits per heavy atom. The van der Waals surface area contributed by atoms with Crippen molar-refractivity contribution in [3.8, 4) is 0 Å². The molecule has 1 aliphatic rings. The maximum Gasteiger partial charge on any atom is 0.125 e. The summed E-state index contributed by atoms with van der Waals surface area (Å²) in [5.74, 6) is 0.863. The van der Waals surface area contributed by atoms with Gasteiger partial charge in [-0.2, -0.15) is 0 Å². The summed E-state index contributed by atoms with van der Waals surface area (Å²) >= 11 is 0. The number of hydrogen-bond acceptors (Lipinski definition) is 3. The molecule has 1 aliphatic heterocycles. The number of aromatic nitrogens is 2. The third-order valence-electron chi connectivity index (χ3n) is 1.68. The van der Waals surface area contributed by atoms with Crippen LogP contribution in [0.3, 0.4) is 0 Å². The highest BCUT2D eigenvalue weighted by molar-refractivity contribution is 5.20. The maximum absolute atomic E-state index is 4.28. The first-order valence-electron chi connectivity index (χ1n) is 4.38. The molecule has 1 aromatic rings. The second-order valence-corrected chi connectivity index (χ2v) is 2.49. The molecule has 3 nitrogen and oxygen atoms in total. The fourth-order valence-electron chi connectivity index (χ4n) is 1.16. The molecule has 1 N–H and O–H groups in total. The maximum atomic E-state index is 4.28. The van der Waals surface area contributed by atoms with E-state index in [0.717, 1.165) is 24.6 Å².